The van der Waals surface area contributed by atoms with Crippen molar-refractivity contribution in [1.82, 2.24) is 39.9 Å². The van der Waals surface area contributed by atoms with Gasteiger partial charge in [-0.25, -0.2) is 29.3 Å². The van der Waals surface area contributed by atoms with Crippen LogP contribution < -0.4 is 33.9 Å². The maximum Gasteiger partial charge on any atom is 0.346 e. The first kappa shape index (κ1) is 24.2. The van der Waals surface area contributed by atoms with Crippen LogP contribution in [0.25, 0.3) is 0 Å². The molecule has 0 spiro atoms. The zero-order chi connectivity index (χ0) is 23.1. The molecule has 4 heterocycles. The van der Waals surface area contributed by atoms with Crippen molar-refractivity contribution in [3.63, 3.8) is 0 Å². The van der Waals surface area contributed by atoms with E-state index in [9.17, 15) is 24.0 Å². The summed E-state index contributed by atoms with van der Waals surface area (Å²) in [5, 5.41) is 0. The Hall–Kier alpha value is -4.88. The van der Waals surface area contributed by atoms with Gasteiger partial charge < -0.3 is 15.7 Å². The van der Waals surface area contributed by atoms with Gasteiger partial charge in [0.1, 0.15) is 12.1 Å². The monoisotopic (exact) mass is 429 g/mol. The van der Waals surface area contributed by atoms with Crippen LogP contribution in [0.2, 0.25) is 0 Å². The Kier molecular flexibility index (Phi) is 10.4. The Balaban J connectivity index is 0.000000208. The molecule has 0 atom stereocenters. The van der Waals surface area contributed by atoms with Crippen molar-refractivity contribution < 1.29 is 0 Å². The summed E-state index contributed by atoms with van der Waals surface area (Å²) in [4.78, 5) is 73.2. The minimum absolute atomic E-state index is 0.334. The Labute approximate surface area is 172 Å². The molecule has 0 aromatic carbocycles. The van der Waals surface area contributed by atoms with Gasteiger partial charge in [0.2, 0.25) is 0 Å². The number of hydrogen-bond donors (Lipinski definition) is 6. The molecule has 0 saturated heterocycles. The van der Waals surface area contributed by atoms with Gasteiger partial charge in [-0.05, 0) is 19.1 Å². The van der Waals surface area contributed by atoms with Gasteiger partial charge in [-0.1, -0.05) is 0 Å². The summed E-state index contributed by atoms with van der Waals surface area (Å²) in [7, 11) is 0. The van der Waals surface area contributed by atoms with Gasteiger partial charge in [0.05, 0.1) is 0 Å². The second-order valence-electron chi connectivity index (χ2n) is 5.29. The van der Waals surface area contributed by atoms with Gasteiger partial charge in [0.15, 0.2) is 0 Å². The number of nitrogens with one attached hydrogen (secondary N) is 5. The molecule has 0 radical (unpaired) electrons. The molecule has 31 heavy (non-hydrogen) atoms. The van der Waals surface area contributed by atoms with Gasteiger partial charge in [0.25, 0.3) is 11.1 Å². The lowest BCUT2D eigenvalue weighted by atomic mass is 10.4. The molecule has 0 aliphatic heterocycles. The molecular weight excluding hydrogens is 410 g/mol. The lowest BCUT2D eigenvalue weighted by Gasteiger charge is -1.84. The van der Waals surface area contributed by atoms with E-state index in [2.05, 4.69) is 34.9 Å². The van der Waals surface area contributed by atoms with E-state index in [1.807, 2.05) is 4.98 Å². The maximum absolute atomic E-state index is 10.6. The van der Waals surface area contributed by atoms with Crippen molar-refractivity contribution in [3.8, 4) is 0 Å². The van der Waals surface area contributed by atoms with Crippen molar-refractivity contribution in [1.29, 1.82) is 0 Å². The first-order valence-corrected chi connectivity index (χ1v) is 8.35. The smallest absolute Gasteiger partial charge is 0.346 e. The Morgan fingerprint density at radius 2 is 1.52 bits per heavy atom. The fraction of sp³-hybridized carbons (Fsp3) is 0.0588. The highest BCUT2D eigenvalue weighted by atomic mass is 16.2. The number of rotatable bonds is 0. The molecule has 14 heteroatoms. The Bertz CT molecular complexity index is 1270. The number of nitrogens with zero attached hydrogens (tertiary/aromatic N) is 3. The number of H-pyrrole nitrogens is 5. The van der Waals surface area contributed by atoms with E-state index >= 15 is 0 Å². The molecule has 4 aromatic rings. The number of aryl methyl sites for hydroxylation is 1. The number of anilines is 1. The highest BCUT2D eigenvalue weighted by molar-refractivity contribution is 5.22. The van der Waals surface area contributed by atoms with Gasteiger partial charge in [-0.15, -0.1) is 0 Å². The largest absolute Gasteiger partial charge is 0.385 e. The molecule has 0 aliphatic rings. The zero-order valence-corrected chi connectivity index (χ0v) is 16.2. The average molecular weight is 429 g/mol. The summed E-state index contributed by atoms with van der Waals surface area (Å²) in [6, 6.07) is 4.53. The predicted octanol–water partition coefficient (Wildman–Crippen LogP) is -1.74. The fourth-order valence-electron chi connectivity index (χ4n) is 1.50. The van der Waals surface area contributed by atoms with Crippen LogP contribution in [0.3, 0.4) is 0 Å². The minimum Gasteiger partial charge on any atom is -0.385 e. The highest BCUT2D eigenvalue weighted by Crippen LogP contribution is 1.82. The fourth-order valence-corrected chi connectivity index (χ4v) is 1.50. The van der Waals surface area contributed by atoms with Crippen molar-refractivity contribution in [2.75, 3.05) is 5.73 Å². The summed E-state index contributed by atoms with van der Waals surface area (Å²) >= 11 is 0. The third-order valence-electron chi connectivity index (χ3n) is 2.87. The van der Waals surface area contributed by atoms with Crippen LogP contribution in [0.4, 0.5) is 5.82 Å². The normalized spacial score (nSPS) is 8.94. The molecule has 0 saturated carbocycles. The first-order valence-electron chi connectivity index (χ1n) is 8.35. The second kappa shape index (κ2) is 13.3. The summed E-state index contributed by atoms with van der Waals surface area (Å²) in [6.45, 7) is 1.62. The first-order chi connectivity index (χ1) is 14.8. The highest BCUT2D eigenvalue weighted by Gasteiger charge is 1.88. The van der Waals surface area contributed by atoms with E-state index in [1.54, 1.807) is 25.4 Å². The number of aromatic nitrogens is 8. The number of aromatic amines is 5. The van der Waals surface area contributed by atoms with Crippen LogP contribution in [0.5, 0.6) is 0 Å². The van der Waals surface area contributed by atoms with Gasteiger partial charge in [-0.3, -0.25) is 24.5 Å². The van der Waals surface area contributed by atoms with Crippen LogP contribution in [0.1, 0.15) is 5.56 Å². The maximum atomic E-state index is 10.6. The molecule has 0 unspecified atom stereocenters. The third kappa shape index (κ3) is 11.5. The molecule has 0 amide bonds. The van der Waals surface area contributed by atoms with Gasteiger partial charge in [0, 0.05) is 42.6 Å². The van der Waals surface area contributed by atoms with E-state index in [4.69, 9.17) is 5.73 Å². The molecule has 4 rings (SSSR count). The lowest BCUT2D eigenvalue weighted by molar-refractivity contribution is 1.01. The molecule has 0 aliphatic carbocycles. The predicted molar refractivity (Wildman–Crippen MR) is 111 cm³/mol. The SMILES string of the molecule is Cc1c[nH]c(=O)[nH]c1=O.Nc1ccnc(=O)[nH]1.O=c1cc[nH]c(=O)[nH]1.c1cncnc1. The molecule has 0 fully saturated rings. The Morgan fingerprint density at radius 3 is 1.87 bits per heavy atom. The number of nitrogen functional groups attached to an aromatic ring is 1. The van der Waals surface area contributed by atoms with Gasteiger partial charge in [-0.2, -0.15) is 0 Å². The second-order valence-corrected chi connectivity index (χ2v) is 5.29. The summed E-state index contributed by atoms with van der Waals surface area (Å²) in [6.07, 6.45) is 8.90. The van der Waals surface area contributed by atoms with E-state index < -0.39 is 17.1 Å². The van der Waals surface area contributed by atoms with Crippen molar-refractivity contribution in [2.45, 2.75) is 6.92 Å². The topological polar surface area (TPSA) is 229 Å². The molecule has 0 bridgehead atoms. The third-order valence-corrected chi connectivity index (χ3v) is 2.87. The minimum atomic E-state index is -0.475. The molecule has 14 nitrogen and oxygen atoms in total. The summed E-state index contributed by atoms with van der Waals surface area (Å²) in [5.74, 6) is 0.338. The van der Waals surface area contributed by atoms with Gasteiger partial charge >= 0.3 is 17.1 Å². The van der Waals surface area contributed by atoms with Crippen LogP contribution in [0.15, 0.2) is 79.5 Å². The van der Waals surface area contributed by atoms with Crippen LogP contribution >= 0.6 is 0 Å². The molecule has 7 N–H and O–H groups in total. The van der Waals surface area contributed by atoms with Crippen molar-refractivity contribution in [2.24, 2.45) is 0 Å². The van der Waals surface area contributed by atoms with Crippen molar-refractivity contribution >= 4 is 5.82 Å². The average Bonchev–Trinajstić information content (AvgIpc) is 2.73. The Morgan fingerprint density at radius 1 is 0.839 bits per heavy atom. The standard InChI is InChI=1S/C5H6N2O2.C4H5N3O.C4H4N2O2.C4H4N2/c1-3-2-6-5(9)7-4(3)8;5-3-1-2-6-4(8)7-3;7-3-1-2-5-4(8)6-3;1-2-5-4-6-3-1/h2H,1H3,(H2,6,7,8,9);1-2H,(H3,5,6,7,8);1-2H,(H2,5,6,7,8);1-4H. The van der Waals surface area contributed by atoms with Crippen LogP contribution in [-0.2, 0) is 0 Å². The lowest BCUT2D eigenvalue weighted by Crippen LogP contribution is -2.22. The molecule has 162 valence electrons. The number of hydrogen-bond acceptors (Lipinski definition) is 9. The van der Waals surface area contributed by atoms with E-state index in [-0.39, 0.29) is 11.1 Å². The quantitative estimate of drug-likeness (QED) is 0.186. The zero-order valence-electron chi connectivity index (χ0n) is 16.2. The molecule has 4 aromatic heterocycles. The van der Waals surface area contributed by atoms with E-state index in [0.717, 1.165) is 0 Å². The van der Waals surface area contributed by atoms with E-state index in [1.165, 1.54) is 37.1 Å². The summed E-state index contributed by atoms with van der Waals surface area (Å²) in [5.41, 5.74) is 3.60. The van der Waals surface area contributed by atoms with Crippen LogP contribution in [0, 0.1) is 6.92 Å². The van der Waals surface area contributed by atoms with E-state index in [0.29, 0.717) is 11.4 Å². The molecular formula is C17H19N9O5. The van der Waals surface area contributed by atoms with Crippen molar-refractivity contribution in [3.05, 3.63) is 113 Å². The number of nitrogens with two attached hydrogens (primary N) is 1. The van der Waals surface area contributed by atoms with Crippen LogP contribution in [-0.4, -0.2) is 39.9 Å². The summed E-state index contributed by atoms with van der Waals surface area (Å²) < 4.78 is 0.